The Morgan fingerprint density at radius 2 is 1.64 bits per heavy atom. The number of carbonyl (C=O) groups is 3. The Labute approximate surface area is 299 Å². The van der Waals surface area contributed by atoms with Crippen LogP contribution in [0.1, 0.15) is 111 Å². The van der Waals surface area contributed by atoms with E-state index in [1.165, 1.54) is 25.7 Å². The van der Waals surface area contributed by atoms with Gasteiger partial charge in [0.1, 0.15) is 11.7 Å². The molecule has 0 aromatic rings. The lowest BCUT2D eigenvalue weighted by molar-refractivity contribution is -0.151. The van der Waals surface area contributed by atoms with Crippen LogP contribution in [0, 0.1) is 17.3 Å². The van der Waals surface area contributed by atoms with Crippen molar-refractivity contribution >= 4 is 18.2 Å². The van der Waals surface area contributed by atoms with Gasteiger partial charge in [-0.2, -0.15) is 0 Å². The largest absolute Gasteiger partial charge is 0.457 e. The van der Waals surface area contributed by atoms with E-state index in [0.29, 0.717) is 31.7 Å². The molecule has 50 heavy (non-hydrogen) atoms. The van der Waals surface area contributed by atoms with E-state index in [1.807, 2.05) is 37.8 Å². The van der Waals surface area contributed by atoms with E-state index < -0.39 is 36.0 Å². The number of hydrogen-bond donors (Lipinski definition) is 2. The van der Waals surface area contributed by atoms with Gasteiger partial charge in [-0.25, -0.2) is 9.59 Å². The Bertz CT molecular complexity index is 1220. The van der Waals surface area contributed by atoms with E-state index in [0.717, 1.165) is 70.3 Å². The molecular weight excluding hydrogens is 638 g/mol. The summed E-state index contributed by atoms with van der Waals surface area (Å²) in [6.07, 6.45) is 14.1. The summed E-state index contributed by atoms with van der Waals surface area (Å²) in [6, 6.07) is 0.481. The highest BCUT2D eigenvalue weighted by Crippen LogP contribution is 2.52. The minimum absolute atomic E-state index is 0.135. The highest BCUT2D eigenvalue weighted by Gasteiger charge is 2.46. The third-order valence-electron chi connectivity index (χ3n) is 12.1. The van der Waals surface area contributed by atoms with Gasteiger partial charge in [-0.15, -0.1) is 0 Å². The Kier molecular flexibility index (Phi) is 13.3. The fourth-order valence-corrected chi connectivity index (χ4v) is 8.42. The van der Waals surface area contributed by atoms with E-state index in [-0.39, 0.29) is 36.7 Å². The Morgan fingerprint density at radius 1 is 0.960 bits per heavy atom. The van der Waals surface area contributed by atoms with Crippen molar-refractivity contribution in [3.05, 3.63) is 23.8 Å². The fourth-order valence-electron chi connectivity index (χ4n) is 8.42. The summed E-state index contributed by atoms with van der Waals surface area (Å²) in [5, 5.41) is 22.0. The predicted octanol–water partition coefficient (Wildman–Crippen LogP) is 5.83. The van der Waals surface area contributed by atoms with Gasteiger partial charge in [-0.1, -0.05) is 38.3 Å². The summed E-state index contributed by atoms with van der Waals surface area (Å²) in [5.74, 6) is -0.0994. The second kappa shape index (κ2) is 17.3. The number of amides is 2. The van der Waals surface area contributed by atoms with Crippen LogP contribution in [0.4, 0.5) is 9.59 Å². The number of cyclic esters (lactones) is 1. The second-order valence-electron chi connectivity index (χ2n) is 16.3. The van der Waals surface area contributed by atoms with Gasteiger partial charge < -0.3 is 34.2 Å². The summed E-state index contributed by atoms with van der Waals surface area (Å²) in [4.78, 5) is 44.8. The number of aliphatic hydroxyl groups is 2. The van der Waals surface area contributed by atoms with Crippen molar-refractivity contribution in [3.8, 4) is 0 Å². The molecule has 0 aromatic heterocycles. The second-order valence-corrected chi connectivity index (χ2v) is 16.3. The van der Waals surface area contributed by atoms with Crippen LogP contribution < -0.4 is 0 Å². The lowest BCUT2D eigenvalue weighted by atomic mass is 9.86. The predicted molar refractivity (Wildman–Crippen MR) is 190 cm³/mol. The number of aliphatic hydroxyl groups excluding tert-OH is 1. The molecule has 5 rings (SSSR count). The van der Waals surface area contributed by atoms with E-state index in [4.69, 9.17) is 14.2 Å². The molecule has 3 heterocycles. The number of allylic oxidation sites excluding steroid dienone is 1. The molecule has 2 saturated heterocycles. The number of piperazine rings is 1. The van der Waals surface area contributed by atoms with Crippen LogP contribution in [0.25, 0.3) is 0 Å². The molecule has 11 heteroatoms. The van der Waals surface area contributed by atoms with Gasteiger partial charge >= 0.3 is 18.2 Å². The highest BCUT2D eigenvalue weighted by molar-refractivity contribution is 5.70. The van der Waals surface area contributed by atoms with E-state index in [2.05, 4.69) is 4.90 Å². The number of nitrogens with zero attached hydrogens (tertiary/aromatic N) is 3. The van der Waals surface area contributed by atoms with Gasteiger partial charge in [-0.3, -0.25) is 9.69 Å². The standard InChI is InChI=1S/C39H63N3O8/c1-5-28(2)35-29(3)12-13-33(38(4,47)15-14-32(43)25-34(44)50-35)49-37(46)42-22-20-40(21-23-42)31-11-7-6-10-30(24-31)26-39(16-17-39)27-48-36(45)41-18-8-9-19-41/h5,12-13,29-33,35,43,47H,6-11,14-27H2,1-4H3/b13-12+,28-5+/t29-,30?,31?,32+,33-,35+,38+/m0/s1. The van der Waals surface area contributed by atoms with Gasteiger partial charge in [0.25, 0.3) is 0 Å². The smallest absolute Gasteiger partial charge is 0.410 e. The minimum Gasteiger partial charge on any atom is -0.457 e. The van der Waals surface area contributed by atoms with Crippen molar-refractivity contribution in [3.63, 3.8) is 0 Å². The van der Waals surface area contributed by atoms with E-state index in [9.17, 15) is 24.6 Å². The number of hydrogen-bond acceptors (Lipinski definition) is 9. The maximum absolute atomic E-state index is 13.6. The minimum atomic E-state index is -1.44. The van der Waals surface area contributed by atoms with Crippen LogP contribution in [0.15, 0.2) is 23.8 Å². The lowest BCUT2D eigenvalue weighted by Gasteiger charge is -2.40. The van der Waals surface area contributed by atoms with E-state index >= 15 is 0 Å². The maximum Gasteiger partial charge on any atom is 0.410 e. The molecule has 0 spiro atoms. The average Bonchev–Trinajstić information content (AvgIpc) is 3.72. The third-order valence-corrected chi connectivity index (χ3v) is 12.1. The number of likely N-dealkylation sites (tertiary alicyclic amines) is 1. The van der Waals surface area contributed by atoms with Gasteiger partial charge in [0.2, 0.25) is 0 Å². The first-order valence-corrected chi connectivity index (χ1v) is 19.4. The van der Waals surface area contributed by atoms with Crippen LogP contribution in [-0.2, 0) is 19.0 Å². The first kappa shape index (κ1) is 38.6. The first-order chi connectivity index (χ1) is 23.9. The number of ether oxygens (including phenoxy) is 3. The van der Waals surface area contributed by atoms with Crippen molar-refractivity contribution in [2.75, 3.05) is 45.9 Å². The average molecular weight is 702 g/mol. The number of carbonyl (C=O) groups excluding carboxylic acids is 3. The molecule has 2 saturated carbocycles. The molecule has 2 N–H and O–H groups in total. The molecule has 2 amide bonds. The summed E-state index contributed by atoms with van der Waals surface area (Å²) in [6.45, 7) is 12.2. The van der Waals surface area contributed by atoms with Gasteiger partial charge in [0, 0.05) is 56.6 Å². The number of esters is 1. The Balaban J connectivity index is 1.15. The van der Waals surface area contributed by atoms with Crippen molar-refractivity contribution in [1.29, 1.82) is 0 Å². The van der Waals surface area contributed by atoms with Crippen LogP contribution in [-0.4, -0.2) is 119 Å². The first-order valence-electron chi connectivity index (χ1n) is 19.4. The fraction of sp³-hybridized carbons (Fsp3) is 0.821. The van der Waals surface area contributed by atoms with E-state index in [1.54, 1.807) is 17.9 Å². The van der Waals surface area contributed by atoms with Crippen LogP contribution in [0.2, 0.25) is 0 Å². The zero-order valence-corrected chi connectivity index (χ0v) is 31.0. The molecule has 4 fully saturated rings. The summed E-state index contributed by atoms with van der Waals surface area (Å²) < 4.78 is 17.6. The molecule has 2 unspecified atom stereocenters. The Hall–Kier alpha value is -2.63. The van der Waals surface area contributed by atoms with Crippen molar-refractivity contribution in [1.82, 2.24) is 14.7 Å². The van der Waals surface area contributed by atoms with Gasteiger partial charge in [0.05, 0.1) is 19.1 Å². The topological polar surface area (TPSA) is 129 Å². The maximum atomic E-state index is 13.6. The molecule has 0 radical (unpaired) electrons. The number of rotatable bonds is 7. The normalized spacial score (nSPS) is 35.2. The van der Waals surface area contributed by atoms with Gasteiger partial charge in [0.15, 0.2) is 6.10 Å². The quantitative estimate of drug-likeness (QED) is 0.146. The van der Waals surface area contributed by atoms with Crippen LogP contribution >= 0.6 is 0 Å². The monoisotopic (exact) mass is 701 g/mol. The molecule has 2 aliphatic carbocycles. The van der Waals surface area contributed by atoms with Gasteiger partial charge in [-0.05, 0) is 96.1 Å². The zero-order chi connectivity index (χ0) is 35.9. The van der Waals surface area contributed by atoms with Crippen LogP contribution in [0.3, 0.4) is 0 Å². The van der Waals surface area contributed by atoms with Crippen molar-refractivity contribution in [2.45, 2.75) is 141 Å². The summed E-state index contributed by atoms with van der Waals surface area (Å²) in [7, 11) is 0. The molecule has 0 aromatic carbocycles. The lowest BCUT2D eigenvalue weighted by Crippen LogP contribution is -2.53. The zero-order valence-electron chi connectivity index (χ0n) is 31.0. The van der Waals surface area contributed by atoms with Crippen molar-refractivity contribution < 1.29 is 38.8 Å². The molecule has 7 atom stereocenters. The third kappa shape index (κ3) is 10.5. The molecule has 5 aliphatic rings. The highest BCUT2D eigenvalue weighted by atomic mass is 16.6. The van der Waals surface area contributed by atoms with Crippen molar-refractivity contribution in [2.24, 2.45) is 17.3 Å². The summed E-state index contributed by atoms with van der Waals surface area (Å²) >= 11 is 0. The summed E-state index contributed by atoms with van der Waals surface area (Å²) in [5.41, 5.74) is -0.400. The molecular formula is C39H63N3O8. The SMILES string of the molecule is C/C=C(\C)[C@H]1OC(=O)C[C@H](O)CC[C@@](C)(O)[C@@H](OC(=O)N2CCN(C3CCCCC(CC4(COC(=O)N5CCCC5)CC4)C3)CC2)/C=C/[C@@H]1C. The molecule has 11 nitrogen and oxygen atoms in total. The molecule has 0 bridgehead atoms. The van der Waals surface area contributed by atoms with Crippen LogP contribution in [0.5, 0.6) is 0 Å². The molecule has 3 aliphatic heterocycles. The Morgan fingerprint density at radius 3 is 2.32 bits per heavy atom. The molecule has 282 valence electrons.